The summed E-state index contributed by atoms with van der Waals surface area (Å²) in [6.07, 6.45) is 0. The van der Waals surface area contributed by atoms with Crippen LogP contribution in [0.25, 0.3) is 0 Å². The van der Waals surface area contributed by atoms with Gasteiger partial charge in [0.1, 0.15) is 0 Å². The van der Waals surface area contributed by atoms with Crippen LogP contribution in [0.15, 0.2) is 48.5 Å². The third-order valence-electron chi connectivity index (χ3n) is 3.08. The van der Waals surface area contributed by atoms with Crippen LogP contribution in [0.4, 0.5) is 11.4 Å². The molecule has 0 aromatic heterocycles. The molecule has 1 N–H and O–H groups in total. The van der Waals surface area contributed by atoms with Crippen LogP contribution in [0, 0.1) is 0 Å². The number of nitrogens with one attached hydrogen (secondary N) is 1. The largest absolute Gasteiger partial charge is 0.388 e. The summed E-state index contributed by atoms with van der Waals surface area (Å²) in [7, 11) is 5.97. The van der Waals surface area contributed by atoms with Crippen molar-refractivity contribution in [1.29, 1.82) is 0 Å². The molecule has 0 aliphatic carbocycles. The second-order valence-corrected chi connectivity index (χ2v) is 5.01. The molecule has 0 saturated heterocycles. The Morgan fingerprint density at radius 2 is 1.37 bits per heavy atom. The number of hydrogen-bond donors (Lipinski definition) is 1. The van der Waals surface area contributed by atoms with Gasteiger partial charge in [0.2, 0.25) is 0 Å². The maximum Gasteiger partial charge on any atom is 0.0521 e. The molecule has 2 nitrogen and oxygen atoms in total. The van der Waals surface area contributed by atoms with E-state index in [4.69, 9.17) is 12.2 Å². The van der Waals surface area contributed by atoms with Crippen molar-refractivity contribution in [2.24, 2.45) is 0 Å². The molecule has 2 aromatic carbocycles. The molecule has 19 heavy (non-hydrogen) atoms. The Bertz CT molecular complexity index is 556. The third kappa shape index (κ3) is 3.12. The van der Waals surface area contributed by atoms with E-state index in [-0.39, 0.29) is 0 Å². The van der Waals surface area contributed by atoms with E-state index in [2.05, 4.69) is 34.5 Å². The summed E-state index contributed by atoms with van der Waals surface area (Å²) in [6, 6.07) is 16.5. The highest BCUT2D eigenvalue weighted by Crippen LogP contribution is 2.17. The zero-order valence-corrected chi connectivity index (χ0v) is 12.3. The van der Waals surface area contributed by atoms with Gasteiger partial charge in [-0.05, 0) is 35.4 Å². The molecular formula is C16H18N2S. The lowest BCUT2D eigenvalue weighted by Gasteiger charge is -2.13. The summed E-state index contributed by atoms with van der Waals surface area (Å²) in [5.41, 5.74) is 4.43. The number of hydrogen-bond acceptors (Lipinski definition) is 3. The molecule has 0 heterocycles. The van der Waals surface area contributed by atoms with Crippen molar-refractivity contribution < 1.29 is 0 Å². The fraction of sp³-hybridized carbons (Fsp3) is 0.188. The van der Waals surface area contributed by atoms with Crippen LogP contribution in [-0.2, 0) is 0 Å². The molecule has 0 bridgehead atoms. The van der Waals surface area contributed by atoms with Gasteiger partial charge in [0.05, 0.1) is 4.86 Å². The first-order valence-corrected chi connectivity index (χ1v) is 6.62. The van der Waals surface area contributed by atoms with Crippen LogP contribution in [0.3, 0.4) is 0 Å². The number of thiocarbonyl (C=S) groups is 1. The average molecular weight is 270 g/mol. The number of anilines is 2. The van der Waals surface area contributed by atoms with E-state index in [0.29, 0.717) is 0 Å². The van der Waals surface area contributed by atoms with Crippen molar-refractivity contribution in [1.82, 2.24) is 0 Å². The van der Waals surface area contributed by atoms with Gasteiger partial charge < -0.3 is 10.2 Å². The lowest BCUT2D eigenvalue weighted by molar-refractivity contribution is 1.13. The van der Waals surface area contributed by atoms with E-state index in [1.165, 1.54) is 5.69 Å². The van der Waals surface area contributed by atoms with Crippen molar-refractivity contribution >= 4 is 28.5 Å². The van der Waals surface area contributed by atoms with E-state index in [9.17, 15) is 0 Å². The first-order chi connectivity index (χ1) is 9.11. The molecule has 3 heteroatoms. The molecule has 2 aromatic rings. The fourth-order valence-corrected chi connectivity index (χ4v) is 2.14. The molecule has 0 aliphatic heterocycles. The molecule has 2 rings (SSSR count). The molecular weight excluding hydrogens is 252 g/mol. The van der Waals surface area contributed by atoms with Crippen LogP contribution in [0.5, 0.6) is 0 Å². The highest BCUT2D eigenvalue weighted by molar-refractivity contribution is 7.81. The summed E-state index contributed by atoms with van der Waals surface area (Å²) in [5, 5.41) is 3.10. The van der Waals surface area contributed by atoms with Gasteiger partial charge in [-0.15, -0.1) is 0 Å². The zero-order chi connectivity index (χ0) is 13.8. The number of rotatable bonds is 4. The lowest BCUT2D eigenvalue weighted by Crippen LogP contribution is -2.08. The Morgan fingerprint density at radius 1 is 0.895 bits per heavy atom. The molecule has 98 valence electrons. The van der Waals surface area contributed by atoms with Gasteiger partial charge >= 0.3 is 0 Å². The minimum absolute atomic E-state index is 0.882. The van der Waals surface area contributed by atoms with Gasteiger partial charge in [-0.1, -0.05) is 36.5 Å². The molecule has 0 saturated carbocycles. The molecule has 0 fully saturated rings. The molecule has 0 aliphatic rings. The molecule has 0 unspecified atom stereocenters. The van der Waals surface area contributed by atoms with Gasteiger partial charge in [-0.2, -0.15) is 0 Å². The smallest absolute Gasteiger partial charge is 0.0521 e. The van der Waals surface area contributed by atoms with Crippen molar-refractivity contribution in [3.05, 3.63) is 59.7 Å². The van der Waals surface area contributed by atoms with Crippen molar-refractivity contribution in [2.45, 2.75) is 0 Å². The lowest BCUT2D eigenvalue weighted by atomic mass is 10.0. The Morgan fingerprint density at radius 3 is 1.79 bits per heavy atom. The summed E-state index contributed by atoms with van der Waals surface area (Å²) in [6.45, 7) is 0. The maximum absolute atomic E-state index is 5.54. The van der Waals surface area contributed by atoms with E-state index in [0.717, 1.165) is 21.7 Å². The Balaban J connectivity index is 2.22. The van der Waals surface area contributed by atoms with Gasteiger partial charge in [0, 0.05) is 32.5 Å². The highest BCUT2D eigenvalue weighted by Gasteiger charge is 2.05. The van der Waals surface area contributed by atoms with Gasteiger partial charge in [0.25, 0.3) is 0 Å². The summed E-state index contributed by atoms with van der Waals surface area (Å²) in [4.78, 5) is 2.96. The Hall–Kier alpha value is -1.87. The quantitative estimate of drug-likeness (QED) is 0.675. The predicted molar refractivity (Wildman–Crippen MR) is 87.6 cm³/mol. The predicted octanol–water partition coefficient (Wildman–Crippen LogP) is 3.56. The third-order valence-corrected chi connectivity index (χ3v) is 3.55. The molecule has 0 amide bonds. The zero-order valence-electron chi connectivity index (χ0n) is 11.5. The maximum atomic E-state index is 5.54. The fourth-order valence-electron chi connectivity index (χ4n) is 1.87. The van der Waals surface area contributed by atoms with E-state index in [1.807, 2.05) is 45.4 Å². The van der Waals surface area contributed by atoms with Gasteiger partial charge in [-0.3, -0.25) is 0 Å². The Labute approximate surface area is 120 Å². The van der Waals surface area contributed by atoms with E-state index < -0.39 is 0 Å². The highest BCUT2D eigenvalue weighted by atomic mass is 32.1. The van der Waals surface area contributed by atoms with Crippen LogP contribution in [0.1, 0.15) is 11.1 Å². The standard InChI is InChI=1S/C16H18N2S/c1-17-14-8-4-12(5-9-14)16(19)13-6-10-15(11-7-13)18(2)3/h4-11,17H,1-3H3. The monoisotopic (exact) mass is 270 g/mol. The summed E-state index contributed by atoms with van der Waals surface area (Å²) < 4.78 is 0. The molecule has 0 atom stereocenters. The van der Waals surface area contributed by atoms with E-state index in [1.54, 1.807) is 0 Å². The van der Waals surface area contributed by atoms with Gasteiger partial charge in [-0.25, -0.2) is 0 Å². The second-order valence-electron chi connectivity index (χ2n) is 4.60. The SMILES string of the molecule is CNc1ccc(C(=S)c2ccc(N(C)C)cc2)cc1. The normalized spacial score (nSPS) is 10.1. The number of benzene rings is 2. The van der Waals surface area contributed by atoms with Gasteiger partial charge in [0.15, 0.2) is 0 Å². The minimum atomic E-state index is 0.882. The van der Waals surface area contributed by atoms with Crippen LogP contribution >= 0.6 is 12.2 Å². The van der Waals surface area contributed by atoms with E-state index >= 15 is 0 Å². The Kier molecular flexibility index (Phi) is 4.17. The molecule has 0 spiro atoms. The second kappa shape index (κ2) is 5.85. The van der Waals surface area contributed by atoms with Crippen molar-refractivity contribution in [3.8, 4) is 0 Å². The van der Waals surface area contributed by atoms with Crippen molar-refractivity contribution in [2.75, 3.05) is 31.4 Å². The first kappa shape index (κ1) is 13.6. The summed E-state index contributed by atoms with van der Waals surface area (Å²) in [5.74, 6) is 0. The minimum Gasteiger partial charge on any atom is -0.388 e. The summed E-state index contributed by atoms with van der Waals surface area (Å²) >= 11 is 5.54. The van der Waals surface area contributed by atoms with Crippen LogP contribution in [0.2, 0.25) is 0 Å². The van der Waals surface area contributed by atoms with Crippen LogP contribution in [-0.4, -0.2) is 26.0 Å². The van der Waals surface area contributed by atoms with Crippen LogP contribution < -0.4 is 10.2 Å². The van der Waals surface area contributed by atoms with Crippen molar-refractivity contribution in [3.63, 3.8) is 0 Å². The average Bonchev–Trinajstić information content (AvgIpc) is 2.46. The number of nitrogens with zero attached hydrogens (tertiary/aromatic N) is 1. The first-order valence-electron chi connectivity index (χ1n) is 6.21. The molecule has 0 radical (unpaired) electrons. The topological polar surface area (TPSA) is 15.3 Å².